The molecule has 1 fully saturated rings. The van der Waals surface area contributed by atoms with E-state index in [-0.39, 0.29) is 12.0 Å². The van der Waals surface area contributed by atoms with Crippen molar-refractivity contribution in [3.8, 4) is 0 Å². The van der Waals surface area contributed by atoms with E-state index in [1.807, 2.05) is 31.2 Å². The lowest BCUT2D eigenvalue weighted by Gasteiger charge is -2.14. The summed E-state index contributed by atoms with van der Waals surface area (Å²) in [6, 6.07) is 7.76. The summed E-state index contributed by atoms with van der Waals surface area (Å²) in [5.41, 5.74) is 1.95. The smallest absolute Gasteiger partial charge is 0.225 e. The molecular weight excluding hydrogens is 228 g/mol. The molecule has 1 aromatic rings. The molecule has 0 bridgehead atoms. The predicted octanol–water partition coefficient (Wildman–Crippen LogP) is 1.39. The summed E-state index contributed by atoms with van der Waals surface area (Å²) in [5.74, 6) is 0.0330. The van der Waals surface area contributed by atoms with E-state index in [0.717, 1.165) is 30.8 Å². The molecule has 1 aliphatic heterocycles. The molecule has 4 nitrogen and oxygen atoms in total. The number of amides is 1. The van der Waals surface area contributed by atoms with Crippen LogP contribution in [0.1, 0.15) is 18.4 Å². The fourth-order valence-corrected chi connectivity index (χ4v) is 2.20. The highest BCUT2D eigenvalue weighted by atomic mass is 16.3. The van der Waals surface area contributed by atoms with Crippen molar-refractivity contribution in [1.82, 2.24) is 4.90 Å². The van der Waals surface area contributed by atoms with Gasteiger partial charge in [-0.25, -0.2) is 0 Å². The maximum Gasteiger partial charge on any atom is 0.225 e. The monoisotopic (exact) mass is 248 g/mol. The second kappa shape index (κ2) is 5.98. The molecule has 1 saturated heterocycles. The molecule has 0 aliphatic carbocycles. The number of para-hydroxylation sites is 1. The first kappa shape index (κ1) is 13.1. The highest BCUT2D eigenvalue weighted by Crippen LogP contribution is 2.14. The first-order valence-electron chi connectivity index (χ1n) is 6.41. The Morgan fingerprint density at radius 3 is 2.94 bits per heavy atom. The molecule has 2 N–H and O–H groups in total. The molecule has 0 radical (unpaired) electrons. The minimum Gasteiger partial charge on any atom is -0.392 e. The van der Waals surface area contributed by atoms with Crippen molar-refractivity contribution >= 4 is 11.6 Å². The van der Waals surface area contributed by atoms with Gasteiger partial charge in [0.1, 0.15) is 0 Å². The van der Waals surface area contributed by atoms with Crippen molar-refractivity contribution < 1.29 is 9.90 Å². The molecule has 2 rings (SSSR count). The summed E-state index contributed by atoms with van der Waals surface area (Å²) >= 11 is 0. The highest BCUT2D eigenvalue weighted by Gasteiger charge is 2.20. The fraction of sp³-hybridized carbons (Fsp3) is 0.500. The summed E-state index contributed by atoms with van der Waals surface area (Å²) in [6.07, 6.45) is 1.07. The molecule has 18 heavy (non-hydrogen) atoms. The Kier molecular flexibility index (Phi) is 4.33. The molecule has 1 aromatic carbocycles. The molecule has 1 atom stereocenters. The third-order valence-corrected chi connectivity index (χ3v) is 3.32. The molecule has 1 aliphatic rings. The number of rotatable bonds is 4. The number of hydrogen-bond acceptors (Lipinski definition) is 3. The number of carbonyl (C=O) groups excluding carboxylic acids is 1. The average Bonchev–Trinajstić information content (AvgIpc) is 2.76. The zero-order valence-electron chi connectivity index (χ0n) is 10.7. The molecule has 0 aromatic heterocycles. The van der Waals surface area contributed by atoms with E-state index >= 15 is 0 Å². The second-order valence-electron chi connectivity index (χ2n) is 4.86. The lowest BCUT2D eigenvalue weighted by atomic mass is 10.2. The number of benzene rings is 1. The van der Waals surface area contributed by atoms with Gasteiger partial charge in [0.05, 0.1) is 6.10 Å². The number of nitrogens with one attached hydrogen (secondary N) is 1. The SMILES string of the molecule is Cc1ccccc1NC(=O)CCN1CC[C@@H](O)C1. The van der Waals surface area contributed by atoms with Crippen LogP contribution in [0.2, 0.25) is 0 Å². The van der Waals surface area contributed by atoms with E-state index < -0.39 is 0 Å². The van der Waals surface area contributed by atoms with Crippen LogP contribution in [0.5, 0.6) is 0 Å². The largest absolute Gasteiger partial charge is 0.392 e. The second-order valence-corrected chi connectivity index (χ2v) is 4.86. The van der Waals surface area contributed by atoms with Crippen LogP contribution in [-0.2, 0) is 4.79 Å². The number of hydrogen-bond donors (Lipinski definition) is 2. The standard InChI is InChI=1S/C14H20N2O2/c1-11-4-2-3-5-13(11)15-14(18)7-9-16-8-6-12(17)10-16/h2-5,12,17H,6-10H2,1H3,(H,15,18)/t12-/m1/s1. The van der Waals surface area contributed by atoms with E-state index in [4.69, 9.17) is 0 Å². The molecule has 4 heteroatoms. The number of aryl methyl sites for hydroxylation is 1. The predicted molar refractivity (Wildman–Crippen MR) is 71.5 cm³/mol. The van der Waals surface area contributed by atoms with Crippen molar-refractivity contribution in [3.63, 3.8) is 0 Å². The van der Waals surface area contributed by atoms with Crippen molar-refractivity contribution in [1.29, 1.82) is 0 Å². The van der Waals surface area contributed by atoms with E-state index in [2.05, 4.69) is 10.2 Å². The molecule has 0 unspecified atom stereocenters. The first-order valence-corrected chi connectivity index (χ1v) is 6.41. The summed E-state index contributed by atoms with van der Waals surface area (Å²) < 4.78 is 0. The minimum atomic E-state index is -0.218. The van der Waals surface area contributed by atoms with Gasteiger partial charge in [0.15, 0.2) is 0 Å². The highest BCUT2D eigenvalue weighted by molar-refractivity contribution is 5.91. The summed E-state index contributed by atoms with van der Waals surface area (Å²) in [6.45, 7) is 4.28. The topological polar surface area (TPSA) is 52.6 Å². The van der Waals surface area contributed by atoms with Gasteiger partial charge in [-0.15, -0.1) is 0 Å². The van der Waals surface area contributed by atoms with E-state index in [9.17, 15) is 9.90 Å². The van der Waals surface area contributed by atoms with Crippen LogP contribution in [0.4, 0.5) is 5.69 Å². The summed E-state index contributed by atoms with van der Waals surface area (Å²) in [5, 5.41) is 12.3. The van der Waals surface area contributed by atoms with Gasteiger partial charge in [-0.1, -0.05) is 18.2 Å². The normalized spacial score (nSPS) is 20.0. The fourth-order valence-electron chi connectivity index (χ4n) is 2.20. The quantitative estimate of drug-likeness (QED) is 0.846. The Morgan fingerprint density at radius 2 is 2.28 bits per heavy atom. The molecule has 0 spiro atoms. The molecule has 0 saturated carbocycles. The zero-order valence-corrected chi connectivity index (χ0v) is 10.7. The van der Waals surface area contributed by atoms with Crippen LogP contribution in [0.3, 0.4) is 0 Å². The van der Waals surface area contributed by atoms with Gasteiger partial charge >= 0.3 is 0 Å². The van der Waals surface area contributed by atoms with Gasteiger partial charge < -0.3 is 15.3 Å². The van der Waals surface area contributed by atoms with Gasteiger partial charge in [-0.05, 0) is 25.0 Å². The van der Waals surface area contributed by atoms with Crippen molar-refractivity contribution in [2.45, 2.75) is 25.9 Å². The molecule has 1 amide bonds. The van der Waals surface area contributed by atoms with Gasteiger partial charge in [0, 0.05) is 31.7 Å². The van der Waals surface area contributed by atoms with Crippen LogP contribution in [0, 0.1) is 6.92 Å². The Labute approximate surface area is 108 Å². The maximum absolute atomic E-state index is 11.8. The first-order chi connectivity index (χ1) is 8.65. The number of β-amino-alcohol motifs (C(OH)–C–C–N with tert-alkyl or cyclic N) is 1. The van der Waals surface area contributed by atoms with Gasteiger partial charge in [0.2, 0.25) is 5.91 Å². The Morgan fingerprint density at radius 1 is 1.50 bits per heavy atom. The van der Waals surface area contributed by atoms with Crippen LogP contribution < -0.4 is 5.32 Å². The Balaban J connectivity index is 1.77. The number of nitrogens with zero attached hydrogens (tertiary/aromatic N) is 1. The number of likely N-dealkylation sites (tertiary alicyclic amines) is 1. The third kappa shape index (κ3) is 3.55. The summed E-state index contributed by atoms with van der Waals surface area (Å²) in [7, 11) is 0. The molecule has 1 heterocycles. The van der Waals surface area contributed by atoms with Crippen LogP contribution in [0.15, 0.2) is 24.3 Å². The van der Waals surface area contributed by atoms with Crippen molar-refractivity contribution in [2.24, 2.45) is 0 Å². The lowest BCUT2D eigenvalue weighted by molar-refractivity contribution is -0.116. The van der Waals surface area contributed by atoms with Crippen LogP contribution in [0.25, 0.3) is 0 Å². The third-order valence-electron chi connectivity index (χ3n) is 3.32. The van der Waals surface area contributed by atoms with Crippen LogP contribution in [-0.4, -0.2) is 41.7 Å². The van der Waals surface area contributed by atoms with Crippen LogP contribution >= 0.6 is 0 Å². The van der Waals surface area contributed by atoms with Gasteiger partial charge in [-0.3, -0.25) is 4.79 Å². The minimum absolute atomic E-state index is 0.0330. The van der Waals surface area contributed by atoms with Gasteiger partial charge in [-0.2, -0.15) is 0 Å². The van der Waals surface area contributed by atoms with E-state index in [1.165, 1.54) is 0 Å². The maximum atomic E-state index is 11.8. The number of aliphatic hydroxyl groups is 1. The molecule has 98 valence electrons. The average molecular weight is 248 g/mol. The zero-order chi connectivity index (χ0) is 13.0. The number of carbonyl (C=O) groups is 1. The lowest BCUT2D eigenvalue weighted by Crippen LogP contribution is -2.26. The Hall–Kier alpha value is -1.39. The van der Waals surface area contributed by atoms with Gasteiger partial charge in [0.25, 0.3) is 0 Å². The molecular formula is C14H20N2O2. The summed E-state index contributed by atoms with van der Waals surface area (Å²) in [4.78, 5) is 13.9. The van der Waals surface area contributed by atoms with E-state index in [1.54, 1.807) is 0 Å². The number of aliphatic hydroxyl groups excluding tert-OH is 1. The van der Waals surface area contributed by atoms with E-state index in [0.29, 0.717) is 13.0 Å². The van der Waals surface area contributed by atoms with Crippen molar-refractivity contribution in [3.05, 3.63) is 29.8 Å². The number of anilines is 1. The van der Waals surface area contributed by atoms with Crippen molar-refractivity contribution in [2.75, 3.05) is 25.0 Å². The Bertz CT molecular complexity index is 420.